The highest BCUT2D eigenvalue weighted by Crippen LogP contribution is 2.16. The normalized spacial score (nSPS) is 9.50. The van der Waals surface area contributed by atoms with Gasteiger partial charge in [0.15, 0.2) is 6.29 Å². The van der Waals surface area contributed by atoms with Crippen molar-refractivity contribution in [3.05, 3.63) is 34.1 Å². The molecule has 0 atom stereocenters. The quantitative estimate of drug-likeness (QED) is 0.443. The largest absolute Gasteiger partial charge is 0.294 e. The third-order valence-corrected chi connectivity index (χ3v) is 1.95. The Morgan fingerprint density at radius 3 is 2.67 bits per heavy atom. The number of aldehydes is 1. The smallest absolute Gasteiger partial charge is 0.225 e. The first kappa shape index (κ1) is 9.06. The molecule has 0 saturated carbocycles. The van der Waals surface area contributed by atoms with Crippen molar-refractivity contribution in [1.82, 2.24) is 0 Å². The lowest BCUT2D eigenvalue weighted by Crippen LogP contribution is -1.99. The zero-order chi connectivity index (χ0) is 9.14. The number of carbonyl (C=O) groups is 2. The topological polar surface area (TPSA) is 34.1 Å². The van der Waals surface area contributed by atoms with E-state index in [-0.39, 0.29) is 16.3 Å². The lowest BCUT2D eigenvalue weighted by molar-refractivity contribution is -0.104. The van der Waals surface area contributed by atoms with Crippen molar-refractivity contribution < 1.29 is 14.0 Å². The van der Waals surface area contributed by atoms with Crippen molar-refractivity contribution >= 4 is 28.0 Å². The monoisotopic (exact) mass is 230 g/mol. The molecule has 0 aromatic heterocycles. The van der Waals surface area contributed by atoms with Gasteiger partial charge in [0, 0.05) is 5.56 Å². The Bertz CT molecular complexity index is 336. The van der Waals surface area contributed by atoms with Crippen LogP contribution in [0.3, 0.4) is 0 Å². The zero-order valence-electron chi connectivity index (χ0n) is 5.88. The second kappa shape index (κ2) is 3.58. The Labute approximate surface area is 76.5 Å². The van der Waals surface area contributed by atoms with Gasteiger partial charge in [-0.2, -0.15) is 0 Å². The van der Waals surface area contributed by atoms with E-state index in [1.54, 1.807) is 0 Å². The van der Waals surface area contributed by atoms with E-state index in [1.807, 2.05) is 0 Å². The summed E-state index contributed by atoms with van der Waals surface area (Å²) >= 11 is 2.93. The first-order valence-corrected chi connectivity index (χ1v) is 3.89. The molecule has 0 aliphatic carbocycles. The highest BCUT2D eigenvalue weighted by molar-refractivity contribution is 9.10. The molecule has 0 unspecified atom stereocenters. The zero-order valence-corrected chi connectivity index (χ0v) is 7.47. The summed E-state index contributed by atoms with van der Waals surface area (Å²) < 4.78 is 13.0. The highest BCUT2D eigenvalue weighted by atomic mass is 79.9. The van der Waals surface area contributed by atoms with Crippen LogP contribution in [0.5, 0.6) is 0 Å². The predicted octanol–water partition coefficient (Wildman–Crippen LogP) is 1.97. The van der Waals surface area contributed by atoms with Gasteiger partial charge in [0.2, 0.25) is 5.78 Å². The molecule has 0 saturated heterocycles. The number of halogens is 2. The molecule has 0 amide bonds. The predicted molar refractivity (Wildman–Crippen MR) is 44.5 cm³/mol. The summed E-state index contributed by atoms with van der Waals surface area (Å²) in [4.78, 5) is 20.7. The molecule has 0 bridgehead atoms. The summed E-state index contributed by atoms with van der Waals surface area (Å²) in [6.45, 7) is 0. The lowest BCUT2D eigenvalue weighted by Gasteiger charge is -1.95. The first-order chi connectivity index (χ1) is 5.65. The van der Waals surface area contributed by atoms with Gasteiger partial charge in [0.1, 0.15) is 5.82 Å². The second-order valence-corrected chi connectivity index (χ2v) is 2.97. The average Bonchev–Trinajstić information content (AvgIpc) is 2.08. The van der Waals surface area contributed by atoms with E-state index in [4.69, 9.17) is 0 Å². The Morgan fingerprint density at radius 1 is 1.50 bits per heavy atom. The fraction of sp³-hybridized carbons (Fsp3) is 0. The van der Waals surface area contributed by atoms with Gasteiger partial charge in [0.25, 0.3) is 0 Å². The molecule has 0 N–H and O–H groups in total. The number of carbonyl (C=O) groups excluding carboxylic acids is 2. The molecule has 1 rings (SSSR count). The van der Waals surface area contributed by atoms with E-state index < -0.39 is 11.6 Å². The third kappa shape index (κ3) is 1.76. The van der Waals surface area contributed by atoms with Crippen molar-refractivity contribution in [3.8, 4) is 0 Å². The van der Waals surface area contributed by atoms with Crippen LogP contribution < -0.4 is 0 Å². The lowest BCUT2D eigenvalue weighted by atomic mass is 10.1. The Morgan fingerprint density at radius 2 is 2.17 bits per heavy atom. The Balaban J connectivity index is 3.13. The van der Waals surface area contributed by atoms with Crippen LogP contribution in [0.25, 0.3) is 0 Å². The molecule has 0 aliphatic rings. The average molecular weight is 231 g/mol. The van der Waals surface area contributed by atoms with Crippen LogP contribution in [0.4, 0.5) is 4.39 Å². The molecular formula is C8H4BrFO2. The van der Waals surface area contributed by atoms with E-state index in [0.29, 0.717) is 0 Å². The van der Waals surface area contributed by atoms with Crippen LogP contribution in [0.1, 0.15) is 10.4 Å². The summed E-state index contributed by atoms with van der Waals surface area (Å²) in [5, 5.41) is 0. The summed E-state index contributed by atoms with van der Waals surface area (Å²) in [6.07, 6.45) is 0.155. The standard InChI is InChI=1S/C8H4BrFO2/c9-6-2-1-5(3-7(6)10)8(12)4-11/h1-4H. The number of benzene rings is 1. The van der Waals surface area contributed by atoms with Gasteiger partial charge in [-0.3, -0.25) is 9.59 Å². The van der Waals surface area contributed by atoms with Gasteiger partial charge in [0.05, 0.1) is 4.47 Å². The number of hydrogen-bond donors (Lipinski definition) is 0. The molecule has 0 fully saturated rings. The number of hydrogen-bond acceptors (Lipinski definition) is 2. The molecular weight excluding hydrogens is 227 g/mol. The van der Waals surface area contributed by atoms with Crippen molar-refractivity contribution in [2.45, 2.75) is 0 Å². The minimum absolute atomic E-state index is 0.0608. The molecule has 1 aromatic rings. The van der Waals surface area contributed by atoms with Gasteiger partial charge in [-0.25, -0.2) is 4.39 Å². The minimum Gasteiger partial charge on any atom is -0.294 e. The van der Waals surface area contributed by atoms with Crippen LogP contribution in [0.2, 0.25) is 0 Å². The van der Waals surface area contributed by atoms with Crippen molar-refractivity contribution in [3.63, 3.8) is 0 Å². The van der Waals surface area contributed by atoms with Crippen LogP contribution in [0.15, 0.2) is 22.7 Å². The molecule has 0 aliphatic heterocycles. The maximum atomic E-state index is 12.8. The Kier molecular flexibility index (Phi) is 2.70. The molecule has 0 radical (unpaired) electrons. The molecule has 0 spiro atoms. The maximum Gasteiger partial charge on any atom is 0.225 e. The molecule has 2 nitrogen and oxygen atoms in total. The van der Waals surface area contributed by atoms with Crippen LogP contribution in [0, 0.1) is 5.82 Å². The summed E-state index contributed by atoms with van der Waals surface area (Å²) in [6, 6.07) is 3.77. The second-order valence-electron chi connectivity index (χ2n) is 2.11. The minimum atomic E-state index is -0.721. The molecule has 0 heterocycles. The van der Waals surface area contributed by atoms with E-state index >= 15 is 0 Å². The van der Waals surface area contributed by atoms with Crippen molar-refractivity contribution in [1.29, 1.82) is 0 Å². The van der Waals surface area contributed by atoms with Crippen LogP contribution in [-0.4, -0.2) is 12.1 Å². The van der Waals surface area contributed by atoms with E-state index in [0.717, 1.165) is 6.07 Å². The fourth-order valence-corrected chi connectivity index (χ4v) is 0.964. The van der Waals surface area contributed by atoms with Gasteiger partial charge in [-0.05, 0) is 34.1 Å². The van der Waals surface area contributed by atoms with Crippen LogP contribution in [-0.2, 0) is 4.79 Å². The van der Waals surface area contributed by atoms with Gasteiger partial charge >= 0.3 is 0 Å². The van der Waals surface area contributed by atoms with E-state index in [1.165, 1.54) is 12.1 Å². The molecule has 1 aromatic carbocycles. The Hall–Kier alpha value is -1.03. The summed E-state index contributed by atoms with van der Waals surface area (Å²) in [5.41, 5.74) is 0.0608. The van der Waals surface area contributed by atoms with Gasteiger partial charge < -0.3 is 0 Å². The number of Topliss-reactive ketones (excluding diaryl/α,β-unsaturated/α-hetero) is 1. The number of rotatable bonds is 2. The van der Waals surface area contributed by atoms with E-state index in [9.17, 15) is 14.0 Å². The maximum absolute atomic E-state index is 12.8. The van der Waals surface area contributed by atoms with Crippen molar-refractivity contribution in [2.75, 3.05) is 0 Å². The van der Waals surface area contributed by atoms with Crippen molar-refractivity contribution in [2.24, 2.45) is 0 Å². The van der Waals surface area contributed by atoms with E-state index in [2.05, 4.69) is 15.9 Å². The highest BCUT2D eigenvalue weighted by Gasteiger charge is 2.06. The summed E-state index contributed by atoms with van der Waals surface area (Å²) in [7, 11) is 0. The number of ketones is 1. The first-order valence-electron chi connectivity index (χ1n) is 3.09. The third-order valence-electron chi connectivity index (χ3n) is 1.31. The van der Waals surface area contributed by atoms with Gasteiger partial charge in [-0.1, -0.05) is 0 Å². The molecule has 12 heavy (non-hydrogen) atoms. The fourth-order valence-electron chi connectivity index (χ4n) is 0.717. The van der Waals surface area contributed by atoms with Gasteiger partial charge in [-0.15, -0.1) is 0 Å². The molecule has 62 valence electrons. The summed E-state index contributed by atoms with van der Waals surface area (Å²) in [5.74, 6) is -1.27. The van der Waals surface area contributed by atoms with Crippen LogP contribution >= 0.6 is 15.9 Å². The molecule has 4 heteroatoms. The SMILES string of the molecule is O=CC(=O)c1ccc(Br)c(F)c1.